The van der Waals surface area contributed by atoms with Crippen molar-refractivity contribution in [3.63, 3.8) is 0 Å². The fourth-order valence-electron chi connectivity index (χ4n) is 2.32. The Balaban J connectivity index is 1.69. The van der Waals surface area contributed by atoms with Gasteiger partial charge in [0.1, 0.15) is 11.0 Å². The number of rotatable bonds is 5. The number of thiazole rings is 1. The molecule has 6 heteroatoms. The molecule has 1 atom stereocenters. The second kappa shape index (κ2) is 6.27. The van der Waals surface area contributed by atoms with Crippen molar-refractivity contribution in [3.8, 4) is 0 Å². The Morgan fingerprint density at radius 2 is 2.23 bits per heavy atom. The molecule has 0 unspecified atom stereocenters. The van der Waals surface area contributed by atoms with Crippen LogP contribution in [-0.4, -0.2) is 20.4 Å². The van der Waals surface area contributed by atoms with Gasteiger partial charge in [-0.1, -0.05) is 19.1 Å². The number of carbonyl (C=O) groups excluding carboxylic acids is 1. The van der Waals surface area contributed by atoms with Crippen molar-refractivity contribution in [1.29, 1.82) is 0 Å². The molecule has 1 N–H and O–H groups in total. The molecule has 1 aromatic carbocycles. The van der Waals surface area contributed by atoms with E-state index in [1.165, 1.54) is 0 Å². The zero-order valence-corrected chi connectivity index (χ0v) is 13.4. The second-order valence-corrected chi connectivity index (χ2v) is 6.06. The molecule has 0 spiro atoms. The van der Waals surface area contributed by atoms with E-state index in [0.717, 1.165) is 28.2 Å². The predicted molar refractivity (Wildman–Crippen MR) is 87.8 cm³/mol. The lowest BCUT2D eigenvalue weighted by Crippen LogP contribution is -2.30. The van der Waals surface area contributed by atoms with E-state index >= 15 is 0 Å². The van der Waals surface area contributed by atoms with Gasteiger partial charge >= 0.3 is 0 Å². The first kappa shape index (κ1) is 14.7. The van der Waals surface area contributed by atoms with Crippen molar-refractivity contribution in [1.82, 2.24) is 19.9 Å². The van der Waals surface area contributed by atoms with Crippen molar-refractivity contribution >= 4 is 28.3 Å². The molecule has 0 saturated carbocycles. The van der Waals surface area contributed by atoms with Gasteiger partial charge in [-0.15, -0.1) is 11.3 Å². The molecule has 2 aromatic heterocycles. The first-order valence-electron chi connectivity index (χ1n) is 7.31. The summed E-state index contributed by atoms with van der Waals surface area (Å²) >= 11 is 1.58. The van der Waals surface area contributed by atoms with Crippen LogP contribution >= 0.6 is 11.3 Å². The number of para-hydroxylation sites is 2. The number of nitrogens with zero attached hydrogens (tertiary/aromatic N) is 3. The first-order chi connectivity index (χ1) is 10.7. The molecule has 5 nitrogen and oxygen atoms in total. The van der Waals surface area contributed by atoms with E-state index in [-0.39, 0.29) is 11.9 Å². The zero-order chi connectivity index (χ0) is 15.5. The van der Waals surface area contributed by atoms with Gasteiger partial charge in [-0.05, 0) is 25.5 Å². The van der Waals surface area contributed by atoms with Crippen LogP contribution in [0, 0.1) is 0 Å². The number of aromatic nitrogens is 3. The number of aryl methyl sites for hydroxylation is 1. The van der Waals surface area contributed by atoms with Gasteiger partial charge in [-0.3, -0.25) is 4.79 Å². The number of hydrogen-bond donors (Lipinski definition) is 1. The van der Waals surface area contributed by atoms with Crippen LogP contribution in [0.3, 0.4) is 0 Å². The molecular formula is C16H18N4OS. The molecule has 22 heavy (non-hydrogen) atoms. The summed E-state index contributed by atoms with van der Waals surface area (Å²) < 4.78 is 1.89. The molecule has 2 heterocycles. The van der Waals surface area contributed by atoms with Gasteiger partial charge in [0.25, 0.3) is 0 Å². The average Bonchev–Trinajstić information content (AvgIpc) is 3.18. The Labute approximate surface area is 133 Å². The fourth-order valence-corrected chi connectivity index (χ4v) is 3.13. The van der Waals surface area contributed by atoms with Gasteiger partial charge in [0, 0.05) is 5.38 Å². The molecule has 1 amide bonds. The minimum absolute atomic E-state index is 0.0311. The minimum atomic E-state index is -0.307. The van der Waals surface area contributed by atoms with E-state index in [1.54, 1.807) is 17.7 Å². The van der Waals surface area contributed by atoms with Crippen LogP contribution in [0.2, 0.25) is 0 Å². The summed E-state index contributed by atoms with van der Waals surface area (Å²) in [5.74, 6) is -0.0311. The first-order valence-corrected chi connectivity index (χ1v) is 8.19. The maximum Gasteiger partial charge on any atom is 0.243 e. The summed E-state index contributed by atoms with van der Waals surface area (Å²) in [4.78, 5) is 21.1. The van der Waals surface area contributed by atoms with Crippen LogP contribution in [0.4, 0.5) is 0 Å². The Bertz CT molecular complexity index is 792. The van der Waals surface area contributed by atoms with Crippen LogP contribution in [0.25, 0.3) is 11.0 Å². The van der Waals surface area contributed by atoms with Gasteiger partial charge in [0.15, 0.2) is 0 Å². The second-order valence-electron chi connectivity index (χ2n) is 5.12. The van der Waals surface area contributed by atoms with E-state index in [1.807, 2.05) is 41.1 Å². The fraction of sp³-hybridized carbons (Fsp3) is 0.312. The smallest absolute Gasteiger partial charge is 0.243 e. The van der Waals surface area contributed by atoms with Crippen LogP contribution in [-0.2, 0) is 17.8 Å². The quantitative estimate of drug-likeness (QED) is 0.787. The lowest BCUT2D eigenvalue weighted by molar-refractivity contribution is -0.123. The molecule has 0 aliphatic rings. The number of nitrogens with one attached hydrogen (secondary N) is 1. The highest BCUT2D eigenvalue weighted by atomic mass is 32.1. The van der Waals surface area contributed by atoms with Gasteiger partial charge in [0.2, 0.25) is 5.91 Å². The largest absolute Gasteiger partial charge is 0.348 e. The molecule has 0 bridgehead atoms. The zero-order valence-electron chi connectivity index (χ0n) is 12.6. The SMILES string of the molecule is CCc1csc(CNC(=O)[C@H](C)n2cnc3ccccc32)n1. The molecule has 0 fully saturated rings. The van der Waals surface area contributed by atoms with Crippen molar-refractivity contribution in [2.24, 2.45) is 0 Å². The van der Waals surface area contributed by atoms with Gasteiger partial charge < -0.3 is 9.88 Å². The van der Waals surface area contributed by atoms with Crippen LogP contribution < -0.4 is 5.32 Å². The highest BCUT2D eigenvalue weighted by Crippen LogP contribution is 2.17. The molecule has 0 aliphatic carbocycles. The van der Waals surface area contributed by atoms with Gasteiger partial charge in [-0.2, -0.15) is 0 Å². The summed E-state index contributed by atoms with van der Waals surface area (Å²) in [6.07, 6.45) is 2.63. The van der Waals surface area contributed by atoms with Gasteiger partial charge in [0.05, 0.1) is 29.6 Å². The van der Waals surface area contributed by atoms with Crippen LogP contribution in [0.15, 0.2) is 36.0 Å². The molecule has 3 rings (SSSR count). The van der Waals surface area contributed by atoms with E-state index in [4.69, 9.17) is 0 Å². The number of benzene rings is 1. The topological polar surface area (TPSA) is 59.8 Å². The summed E-state index contributed by atoms with van der Waals surface area (Å²) in [5.41, 5.74) is 2.94. The van der Waals surface area contributed by atoms with E-state index in [0.29, 0.717) is 6.54 Å². The Kier molecular flexibility index (Phi) is 4.20. The molecule has 0 saturated heterocycles. The standard InChI is InChI=1S/C16H18N4OS/c1-3-12-9-22-15(19-12)8-17-16(21)11(2)20-10-18-13-6-4-5-7-14(13)20/h4-7,9-11H,3,8H2,1-2H3,(H,17,21)/t11-/m0/s1. The summed E-state index contributed by atoms with van der Waals surface area (Å²) in [5, 5.41) is 5.92. The maximum atomic E-state index is 12.4. The molecule has 0 radical (unpaired) electrons. The number of imidazole rings is 1. The predicted octanol–water partition coefficient (Wildman–Crippen LogP) is 2.93. The highest BCUT2D eigenvalue weighted by Gasteiger charge is 2.17. The number of hydrogen-bond acceptors (Lipinski definition) is 4. The maximum absolute atomic E-state index is 12.4. The lowest BCUT2D eigenvalue weighted by Gasteiger charge is -2.14. The normalized spacial score (nSPS) is 12.5. The van der Waals surface area contributed by atoms with Gasteiger partial charge in [-0.25, -0.2) is 9.97 Å². The molecule has 114 valence electrons. The highest BCUT2D eigenvalue weighted by molar-refractivity contribution is 7.09. The molecule has 0 aliphatic heterocycles. The van der Waals surface area contributed by atoms with E-state index in [9.17, 15) is 4.79 Å². The van der Waals surface area contributed by atoms with E-state index in [2.05, 4.69) is 22.2 Å². The summed E-state index contributed by atoms with van der Waals surface area (Å²) in [6, 6.07) is 7.50. The Morgan fingerprint density at radius 3 is 3.00 bits per heavy atom. The Morgan fingerprint density at radius 1 is 1.41 bits per heavy atom. The van der Waals surface area contributed by atoms with Crippen molar-refractivity contribution < 1.29 is 4.79 Å². The monoisotopic (exact) mass is 314 g/mol. The van der Waals surface area contributed by atoms with E-state index < -0.39 is 0 Å². The number of carbonyl (C=O) groups is 1. The third-order valence-corrected chi connectivity index (χ3v) is 4.55. The number of amides is 1. The van der Waals surface area contributed by atoms with Crippen molar-refractivity contribution in [2.75, 3.05) is 0 Å². The summed E-state index contributed by atoms with van der Waals surface area (Å²) in [7, 11) is 0. The van der Waals surface area contributed by atoms with Crippen LogP contribution in [0.1, 0.15) is 30.6 Å². The summed E-state index contributed by atoms with van der Waals surface area (Å²) in [6.45, 7) is 4.42. The van der Waals surface area contributed by atoms with Crippen LogP contribution in [0.5, 0.6) is 0 Å². The molecule has 3 aromatic rings. The van der Waals surface area contributed by atoms with Crippen molar-refractivity contribution in [3.05, 3.63) is 46.7 Å². The minimum Gasteiger partial charge on any atom is -0.348 e. The van der Waals surface area contributed by atoms with Crippen molar-refractivity contribution in [2.45, 2.75) is 32.9 Å². The lowest BCUT2D eigenvalue weighted by atomic mass is 10.2. The number of fused-ring (bicyclic) bond motifs is 1. The molecular weight excluding hydrogens is 296 g/mol. The third kappa shape index (κ3) is 2.87. The Hall–Kier alpha value is -2.21. The third-order valence-electron chi connectivity index (χ3n) is 3.65. The average molecular weight is 314 g/mol.